The van der Waals surface area contributed by atoms with Crippen molar-refractivity contribution in [2.45, 2.75) is 169 Å². The lowest BCUT2D eigenvalue weighted by Crippen LogP contribution is -2.62. The van der Waals surface area contributed by atoms with Crippen molar-refractivity contribution in [2.24, 2.45) is 0 Å². The van der Waals surface area contributed by atoms with Crippen LogP contribution in [0.1, 0.15) is 144 Å². The van der Waals surface area contributed by atoms with Gasteiger partial charge in [-0.1, -0.05) is 96.8 Å². The van der Waals surface area contributed by atoms with Crippen LogP contribution in [0, 0.1) is 0 Å². The summed E-state index contributed by atoms with van der Waals surface area (Å²) in [5.74, 6) is 0. The molecule has 200 valence electrons. The smallest absolute Gasteiger partial charge is 0.195 e. The molecule has 0 aromatic carbocycles. The minimum absolute atomic E-state index is 0.194. The fourth-order valence-corrected chi connectivity index (χ4v) is 5.10. The number of hydrogen-bond donors (Lipinski definition) is 2. The zero-order valence-electron chi connectivity index (χ0n) is 23.2. The predicted molar refractivity (Wildman–Crippen MR) is 140 cm³/mol. The van der Waals surface area contributed by atoms with Gasteiger partial charge < -0.3 is 19.7 Å². The van der Waals surface area contributed by atoms with Crippen molar-refractivity contribution in [1.29, 1.82) is 0 Å². The van der Waals surface area contributed by atoms with E-state index in [2.05, 4.69) is 13.8 Å². The SMILES string of the molecule is CCCCCCCCCCCCCCCCCC[N+](CC)(C(C)OC(C)O)C(C)OC(C)O. The number of hydrogen-bond acceptors (Lipinski definition) is 4. The van der Waals surface area contributed by atoms with Gasteiger partial charge in [0.2, 0.25) is 0 Å². The Hall–Kier alpha value is -0.200. The average molecular weight is 475 g/mol. The molecule has 0 aliphatic heterocycles. The molecule has 0 radical (unpaired) electrons. The number of quaternary nitrogens is 1. The first-order valence-corrected chi connectivity index (χ1v) is 14.3. The molecule has 0 aliphatic carbocycles. The molecular weight excluding hydrogens is 414 g/mol. The monoisotopic (exact) mass is 474 g/mol. The molecule has 0 saturated carbocycles. The molecule has 0 aromatic heterocycles. The summed E-state index contributed by atoms with van der Waals surface area (Å²) in [6.45, 7) is 13.5. The highest BCUT2D eigenvalue weighted by Crippen LogP contribution is 2.25. The minimum Gasteiger partial charge on any atom is -0.368 e. The van der Waals surface area contributed by atoms with Crippen molar-refractivity contribution in [3.8, 4) is 0 Å². The maximum atomic E-state index is 9.74. The number of aliphatic hydroxyl groups excluding tert-OH is 2. The lowest BCUT2D eigenvalue weighted by molar-refractivity contribution is -1.01. The maximum Gasteiger partial charge on any atom is 0.195 e. The first-order chi connectivity index (χ1) is 15.8. The van der Waals surface area contributed by atoms with E-state index < -0.39 is 12.6 Å². The molecule has 0 rings (SSSR count). The Morgan fingerprint density at radius 1 is 0.515 bits per heavy atom. The van der Waals surface area contributed by atoms with E-state index in [1.807, 2.05) is 13.8 Å². The normalized spacial score (nSPS) is 17.5. The molecular formula is C28H60NO4+. The van der Waals surface area contributed by atoms with E-state index in [-0.39, 0.29) is 12.5 Å². The van der Waals surface area contributed by atoms with Crippen molar-refractivity contribution in [3.05, 3.63) is 0 Å². The van der Waals surface area contributed by atoms with E-state index in [1.165, 1.54) is 96.3 Å². The Morgan fingerprint density at radius 2 is 0.818 bits per heavy atom. The van der Waals surface area contributed by atoms with Crippen molar-refractivity contribution >= 4 is 0 Å². The van der Waals surface area contributed by atoms with E-state index in [0.29, 0.717) is 4.48 Å². The topological polar surface area (TPSA) is 58.9 Å². The van der Waals surface area contributed by atoms with Gasteiger partial charge in [-0.05, 0) is 33.6 Å². The highest BCUT2D eigenvalue weighted by molar-refractivity contribution is 4.53. The van der Waals surface area contributed by atoms with Gasteiger partial charge in [-0.25, -0.2) is 0 Å². The van der Waals surface area contributed by atoms with Gasteiger partial charge in [0, 0.05) is 13.8 Å². The molecule has 0 heterocycles. The Kier molecular flexibility index (Phi) is 21.0. The molecule has 0 aromatic rings. The second-order valence-electron chi connectivity index (χ2n) is 10.1. The van der Waals surface area contributed by atoms with Gasteiger partial charge in [-0.3, -0.25) is 4.48 Å². The second kappa shape index (κ2) is 21.1. The minimum atomic E-state index is -0.811. The molecule has 4 atom stereocenters. The van der Waals surface area contributed by atoms with E-state index in [4.69, 9.17) is 9.47 Å². The van der Waals surface area contributed by atoms with Gasteiger partial charge in [0.1, 0.15) is 0 Å². The fourth-order valence-electron chi connectivity index (χ4n) is 5.10. The highest BCUT2D eigenvalue weighted by atomic mass is 16.6. The lowest BCUT2D eigenvalue weighted by atomic mass is 10.0. The Labute approximate surface area is 206 Å². The van der Waals surface area contributed by atoms with Crippen LogP contribution in [0.3, 0.4) is 0 Å². The van der Waals surface area contributed by atoms with Crippen LogP contribution in [0.2, 0.25) is 0 Å². The summed E-state index contributed by atoms with van der Waals surface area (Å²) in [5, 5.41) is 19.5. The van der Waals surface area contributed by atoms with Crippen LogP contribution in [-0.2, 0) is 9.47 Å². The molecule has 2 N–H and O–H groups in total. The number of ether oxygens (including phenoxy) is 2. The molecule has 5 heteroatoms. The van der Waals surface area contributed by atoms with E-state index in [0.717, 1.165) is 19.5 Å². The molecule has 0 fully saturated rings. The standard InChI is InChI=1S/C28H60NO4/c1-7-9-10-11-12-13-14-15-16-17-18-19-20-21-22-23-24-29(8-2,25(3)32-27(5)30)26(4)33-28(6)31/h25-28,30-31H,7-24H2,1-6H3/q+1. The summed E-state index contributed by atoms with van der Waals surface area (Å²) >= 11 is 0. The van der Waals surface area contributed by atoms with E-state index >= 15 is 0 Å². The summed E-state index contributed by atoms with van der Waals surface area (Å²) < 4.78 is 12.1. The third-order valence-corrected chi connectivity index (χ3v) is 7.25. The molecule has 5 nitrogen and oxygen atoms in total. The highest BCUT2D eigenvalue weighted by Gasteiger charge is 2.40. The summed E-state index contributed by atoms with van der Waals surface area (Å²) in [6.07, 6.45) is 19.8. The zero-order chi connectivity index (χ0) is 25.0. The molecule has 33 heavy (non-hydrogen) atoms. The number of rotatable bonds is 24. The largest absolute Gasteiger partial charge is 0.368 e. The fraction of sp³-hybridized carbons (Fsp3) is 1.00. The van der Waals surface area contributed by atoms with Crippen LogP contribution in [0.4, 0.5) is 0 Å². The van der Waals surface area contributed by atoms with Crippen LogP contribution in [0.25, 0.3) is 0 Å². The number of unbranched alkanes of at least 4 members (excludes halogenated alkanes) is 15. The molecule has 0 saturated heterocycles. The number of aliphatic hydroxyl groups is 2. The van der Waals surface area contributed by atoms with Crippen LogP contribution in [-0.4, -0.2) is 52.8 Å². The second-order valence-corrected chi connectivity index (χ2v) is 10.1. The summed E-state index contributed by atoms with van der Waals surface area (Å²) in [5.41, 5.74) is 0. The van der Waals surface area contributed by atoms with Gasteiger partial charge in [-0.15, -0.1) is 0 Å². The van der Waals surface area contributed by atoms with Gasteiger partial charge in [0.25, 0.3) is 0 Å². The van der Waals surface area contributed by atoms with Gasteiger partial charge in [-0.2, -0.15) is 0 Å². The summed E-state index contributed by atoms with van der Waals surface area (Å²) in [4.78, 5) is 0. The van der Waals surface area contributed by atoms with Crippen LogP contribution in [0.15, 0.2) is 0 Å². The Balaban J connectivity index is 3.99. The molecule has 0 aliphatic rings. The quantitative estimate of drug-likeness (QED) is 0.0864. The van der Waals surface area contributed by atoms with Crippen molar-refractivity contribution in [3.63, 3.8) is 0 Å². The van der Waals surface area contributed by atoms with Crippen molar-refractivity contribution < 1.29 is 24.2 Å². The summed E-state index contributed by atoms with van der Waals surface area (Å²) in [7, 11) is 0. The first-order valence-electron chi connectivity index (χ1n) is 14.3. The van der Waals surface area contributed by atoms with Gasteiger partial charge in [0.15, 0.2) is 25.0 Å². The number of nitrogens with zero attached hydrogens (tertiary/aromatic N) is 1. The van der Waals surface area contributed by atoms with Crippen molar-refractivity contribution in [1.82, 2.24) is 0 Å². The van der Waals surface area contributed by atoms with Crippen molar-refractivity contribution in [2.75, 3.05) is 13.1 Å². The first kappa shape index (κ1) is 32.8. The summed E-state index contributed by atoms with van der Waals surface area (Å²) in [6, 6.07) is 0. The van der Waals surface area contributed by atoms with Gasteiger partial charge in [0.05, 0.1) is 13.1 Å². The van der Waals surface area contributed by atoms with Crippen LogP contribution >= 0.6 is 0 Å². The van der Waals surface area contributed by atoms with Crippen LogP contribution in [0.5, 0.6) is 0 Å². The third kappa shape index (κ3) is 16.2. The van der Waals surface area contributed by atoms with Gasteiger partial charge >= 0.3 is 0 Å². The lowest BCUT2D eigenvalue weighted by Gasteiger charge is -2.46. The Bertz CT molecular complexity index is 401. The van der Waals surface area contributed by atoms with E-state index in [9.17, 15) is 10.2 Å². The van der Waals surface area contributed by atoms with E-state index in [1.54, 1.807) is 13.8 Å². The molecule has 0 spiro atoms. The molecule has 4 unspecified atom stereocenters. The predicted octanol–water partition coefficient (Wildman–Crippen LogP) is 7.49. The Morgan fingerprint density at radius 3 is 1.09 bits per heavy atom. The maximum absolute atomic E-state index is 9.74. The zero-order valence-corrected chi connectivity index (χ0v) is 23.2. The molecule has 0 amide bonds. The van der Waals surface area contributed by atoms with Crippen LogP contribution < -0.4 is 0 Å². The molecule has 0 bridgehead atoms. The third-order valence-electron chi connectivity index (χ3n) is 7.25. The average Bonchev–Trinajstić information content (AvgIpc) is 2.75.